The monoisotopic (exact) mass is 276 g/mol. The SMILES string of the molecule is CCC(COC)NC(=O)c1ccc(C#CCCO)cn1. The minimum atomic E-state index is -0.219. The van der Waals surface area contributed by atoms with Gasteiger partial charge in [-0.05, 0) is 18.6 Å². The summed E-state index contributed by atoms with van der Waals surface area (Å²) in [6.07, 6.45) is 2.78. The number of amides is 1. The van der Waals surface area contributed by atoms with Gasteiger partial charge in [0.2, 0.25) is 0 Å². The van der Waals surface area contributed by atoms with E-state index in [1.165, 1.54) is 0 Å². The molecule has 0 saturated heterocycles. The number of hydrogen-bond donors (Lipinski definition) is 2. The molecule has 0 saturated carbocycles. The molecule has 1 rings (SSSR count). The van der Waals surface area contributed by atoms with Crippen molar-refractivity contribution in [3.8, 4) is 11.8 Å². The lowest BCUT2D eigenvalue weighted by Crippen LogP contribution is -2.37. The van der Waals surface area contributed by atoms with Gasteiger partial charge in [0.25, 0.3) is 5.91 Å². The van der Waals surface area contributed by atoms with Gasteiger partial charge in [0, 0.05) is 25.3 Å². The number of nitrogens with zero attached hydrogens (tertiary/aromatic N) is 1. The van der Waals surface area contributed by atoms with E-state index in [4.69, 9.17) is 9.84 Å². The molecule has 0 bridgehead atoms. The van der Waals surface area contributed by atoms with Gasteiger partial charge in [0.05, 0.1) is 19.3 Å². The Bertz CT molecular complexity index is 474. The molecule has 1 heterocycles. The maximum absolute atomic E-state index is 12.0. The number of carbonyl (C=O) groups is 1. The van der Waals surface area contributed by atoms with Gasteiger partial charge < -0.3 is 15.2 Å². The van der Waals surface area contributed by atoms with E-state index in [1.807, 2.05) is 6.92 Å². The standard InChI is InChI=1S/C15H20N2O3/c1-3-13(11-20-2)17-15(19)14-8-7-12(10-16-14)6-4-5-9-18/h7-8,10,13,18H,3,5,9,11H2,1-2H3,(H,17,19). The van der Waals surface area contributed by atoms with Gasteiger partial charge in [-0.2, -0.15) is 0 Å². The molecule has 1 amide bonds. The molecular formula is C15H20N2O3. The Kier molecular flexibility index (Phi) is 7.33. The number of rotatable bonds is 6. The number of aromatic nitrogens is 1. The summed E-state index contributed by atoms with van der Waals surface area (Å²) in [5.41, 5.74) is 1.08. The van der Waals surface area contributed by atoms with Crippen molar-refractivity contribution >= 4 is 5.91 Å². The third-order valence-electron chi connectivity index (χ3n) is 2.66. The van der Waals surface area contributed by atoms with Crippen LogP contribution in [0.3, 0.4) is 0 Å². The first kappa shape index (κ1) is 16.2. The maximum Gasteiger partial charge on any atom is 0.270 e. The Hall–Kier alpha value is -1.90. The van der Waals surface area contributed by atoms with Gasteiger partial charge in [-0.15, -0.1) is 0 Å². The highest BCUT2D eigenvalue weighted by atomic mass is 16.5. The van der Waals surface area contributed by atoms with E-state index in [1.54, 1.807) is 25.4 Å². The smallest absolute Gasteiger partial charge is 0.270 e. The highest BCUT2D eigenvalue weighted by Gasteiger charge is 2.12. The van der Waals surface area contributed by atoms with Crippen molar-refractivity contribution in [1.29, 1.82) is 0 Å². The first-order valence-corrected chi connectivity index (χ1v) is 6.56. The summed E-state index contributed by atoms with van der Waals surface area (Å²) >= 11 is 0. The van der Waals surface area contributed by atoms with Crippen molar-refractivity contribution in [3.63, 3.8) is 0 Å². The Balaban J connectivity index is 2.64. The summed E-state index contributed by atoms with van der Waals surface area (Å²) in [5.74, 6) is 5.44. The first-order chi connectivity index (χ1) is 9.71. The number of aliphatic hydroxyl groups excluding tert-OH is 1. The van der Waals surface area contributed by atoms with Gasteiger partial charge in [-0.1, -0.05) is 18.8 Å². The van der Waals surface area contributed by atoms with E-state index < -0.39 is 0 Å². The third-order valence-corrected chi connectivity index (χ3v) is 2.66. The topological polar surface area (TPSA) is 71.5 Å². The first-order valence-electron chi connectivity index (χ1n) is 6.56. The number of nitrogens with one attached hydrogen (secondary N) is 1. The minimum Gasteiger partial charge on any atom is -0.395 e. The summed E-state index contributed by atoms with van der Waals surface area (Å²) in [6.45, 7) is 2.50. The van der Waals surface area contributed by atoms with E-state index in [0.29, 0.717) is 18.7 Å². The van der Waals surface area contributed by atoms with Crippen LogP contribution in [0.25, 0.3) is 0 Å². The Morgan fingerprint density at radius 3 is 2.90 bits per heavy atom. The molecule has 0 radical (unpaired) electrons. The molecule has 0 aliphatic rings. The zero-order valence-corrected chi connectivity index (χ0v) is 11.8. The second-order valence-corrected chi connectivity index (χ2v) is 4.24. The van der Waals surface area contributed by atoms with Gasteiger partial charge in [-0.3, -0.25) is 4.79 Å². The number of ether oxygens (including phenoxy) is 1. The van der Waals surface area contributed by atoms with E-state index in [-0.39, 0.29) is 18.6 Å². The van der Waals surface area contributed by atoms with E-state index >= 15 is 0 Å². The molecule has 0 spiro atoms. The van der Waals surface area contributed by atoms with Crippen molar-refractivity contribution in [2.75, 3.05) is 20.3 Å². The normalized spacial score (nSPS) is 11.3. The van der Waals surface area contributed by atoms with Crippen molar-refractivity contribution in [2.45, 2.75) is 25.8 Å². The molecule has 20 heavy (non-hydrogen) atoms. The van der Waals surface area contributed by atoms with Gasteiger partial charge >= 0.3 is 0 Å². The van der Waals surface area contributed by atoms with Crippen molar-refractivity contribution in [1.82, 2.24) is 10.3 Å². The summed E-state index contributed by atoms with van der Waals surface area (Å²) < 4.78 is 5.03. The van der Waals surface area contributed by atoms with Gasteiger partial charge in [0.15, 0.2) is 0 Å². The average Bonchev–Trinajstić information content (AvgIpc) is 2.47. The third kappa shape index (κ3) is 5.39. The van der Waals surface area contributed by atoms with Crippen LogP contribution in [0.2, 0.25) is 0 Å². The second-order valence-electron chi connectivity index (χ2n) is 4.24. The number of pyridine rings is 1. The molecule has 0 aromatic carbocycles. The fourth-order valence-electron chi connectivity index (χ4n) is 1.54. The molecule has 0 fully saturated rings. The Morgan fingerprint density at radius 2 is 2.35 bits per heavy atom. The molecule has 1 atom stereocenters. The quantitative estimate of drug-likeness (QED) is 0.760. The van der Waals surface area contributed by atoms with Crippen molar-refractivity contribution in [3.05, 3.63) is 29.6 Å². The largest absolute Gasteiger partial charge is 0.395 e. The number of methoxy groups -OCH3 is 1. The molecule has 108 valence electrons. The molecule has 5 heteroatoms. The lowest BCUT2D eigenvalue weighted by atomic mass is 10.2. The van der Waals surface area contributed by atoms with Crippen LogP contribution in [0.15, 0.2) is 18.3 Å². The van der Waals surface area contributed by atoms with E-state index in [2.05, 4.69) is 22.1 Å². The van der Waals surface area contributed by atoms with Crippen LogP contribution < -0.4 is 5.32 Å². The predicted octanol–water partition coefficient (Wildman–Crippen LogP) is 0.970. The van der Waals surface area contributed by atoms with Crippen LogP contribution in [0.1, 0.15) is 35.8 Å². The lowest BCUT2D eigenvalue weighted by molar-refractivity contribution is 0.0889. The highest BCUT2D eigenvalue weighted by Crippen LogP contribution is 2.01. The second kappa shape index (κ2) is 9.08. The summed E-state index contributed by atoms with van der Waals surface area (Å²) in [6, 6.07) is 3.36. The van der Waals surface area contributed by atoms with Crippen LogP contribution in [0.5, 0.6) is 0 Å². The number of hydrogen-bond acceptors (Lipinski definition) is 4. The highest BCUT2D eigenvalue weighted by molar-refractivity contribution is 5.92. The number of aliphatic hydroxyl groups is 1. The fraction of sp³-hybridized carbons (Fsp3) is 0.467. The van der Waals surface area contributed by atoms with Crippen LogP contribution in [-0.4, -0.2) is 42.4 Å². The zero-order valence-electron chi connectivity index (χ0n) is 11.8. The van der Waals surface area contributed by atoms with Gasteiger partial charge in [0.1, 0.15) is 5.69 Å². The molecule has 0 aliphatic heterocycles. The summed E-state index contributed by atoms with van der Waals surface area (Å²) in [7, 11) is 1.60. The zero-order chi connectivity index (χ0) is 14.8. The van der Waals surface area contributed by atoms with Crippen LogP contribution >= 0.6 is 0 Å². The van der Waals surface area contributed by atoms with Crippen molar-refractivity contribution in [2.24, 2.45) is 0 Å². The van der Waals surface area contributed by atoms with Crippen LogP contribution in [0, 0.1) is 11.8 Å². The van der Waals surface area contributed by atoms with E-state index in [0.717, 1.165) is 12.0 Å². The van der Waals surface area contributed by atoms with Crippen LogP contribution in [-0.2, 0) is 4.74 Å². The lowest BCUT2D eigenvalue weighted by Gasteiger charge is -2.15. The Labute approximate surface area is 119 Å². The van der Waals surface area contributed by atoms with Crippen molar-refractivity contribution < 1.29 is 14.6 Å². The predicted molar refractivity (Wildman–Crippen MR) is 76.2 cm³/mol. The molecule has 0 aliphatic carbocycles. The molecule has 1 aromatic rings. The van der Waals surface area contributed by atoms with Crippen LogP contribution in [0.4, 0.5) is 0 Å². The summed E-state index contributed by atoms with van der Waals surface area (Å²) in [4.78, 5) is 16.0. The van der Waals surface area contributed by atoms with E-state index in [9.17, 15) is 4.79 Å². The van der Waals surface area contributed by atoms with Gasteiger partial charge in [-0.25, -0.2) is 4.98 Å². The minimum absolute atomic E-state index is 0.0154. The molecule has 5 nitrogen and oxygen atoms in total. The molecule has 1 aromatic heterocycles. The molecular weight excluding hydrogens is 256 g/mol. The molecule has 1 unspecified atom stereocenters. The maximum atomic E-state index is 12.0. The Morgan fingerprint density at radius 1 is 1.55 bits per heavy atom. The summed E-state index contributed by atoms with van der Waals surface area (Å²) in [5, 5.41) is 11.5. The average molecular weight is 276 g/mol. The fourth-order valence-corrected chi connectivity index (χ4v) is 1.54. The molecule has 2 N–H and O–H groups in total. The number of carbonyl (C=O) groups excluding carboxylic acids is 1.